The van der Waals surface area contributed by atoms with E-state index in [9.17, 15) is 4.79 Å². The third-order valence-corrected chi connectivity index (χ3v) is 6.27. The lowest BCUT2D eigenvalue weighted by Crippen LogP contribution is -2.11. The van der Waals surface area contributed by atoms with Crippen molar-refractivity contribution in [3.05, 3.63) is 78.4 Å². The van der Waals surface area contributed by atoms with E-state index < -0.39 is 0 Å². The first kappa shape index (κ1) is 25.7. The number of hydrogen-bond acceptors (Lipinski definition) is 3. The quantitative estimate of drug-likeness (QED) is 0.150. The van der Waals surface area contributed by atoms with Crippen LogP contribution in [0, 0.1) is 0 Å². The van der Waals surface area contributed by atoms with Crippen molar-refractivity contribution in [1.29, 1.82) is 0 Å². The van der Waals surface area contributed by atoms with Crippen LogP contribution in [0.5, 0.6) is 11.5 Å². The minimum absolute atomic E-state index is 0.0461. The number of para-hydroxylation sites is 1. The smallest absolute Gasteiger partial charge is 0.228 e. The molecule has 0 bridgehead atoms. The molecule has 1 aromatic heterocycles. The number of rotatable bonds is 17. The molecule has 0 aliphatic rings. The number of carbonyl (C=O) groups is 1. The number of imidazole rings is 1. The van der Waals surface area contributed by atoms with Gasteiger partial charge < -0.3 is 9.30 Å². The van der Waals surface area contributed by atoms with E-state index in [-0.39, 0.29) is 5.78 Å². The first-order chi connectivity index (χ1) is 16.8. The lowest BCUT2D eigenvalue weighted by Gasteiger charge is -2.09. The maximum absolute atomic E-state index is 13.0. The lowest BCUT2D eigenvalue weighted by molar-refractivity contribution is 0.102. The molecule has 0 saturated heterocycles. The molecule has 34 heavy (non-hydrogen) atoms. The normalized spacial score (nSPS) is 11.0. The lowest BCUT2D eigenvalue weighted by atomic mass is 10.1. The van der Waals surface area contributed by atoms with Gasteiger partial charge in [0.1, 0.15) is 11.5 Å². The van der Waals surface area contributed by atoms with Gasteiger partial charge in [-0.25, -0.2) is 4.98 Å². The summed E-state index contributed by atoms with van der Waals surface area (Å²) in [4.78, 5) is 17.3. The van der Waals surface area contributed by atoms with Gasteiger partial charge in [0.2, 0.25) is 5.78 Å². The van der Waals surface area contributed by atoms with Crippen molar-refractivity contribution in [3.8, 4) is 11.5 Å². The number of nitrogens with zero attached hydrogens (tertiary/aromatic N) is 2. The molecular weight excluding hydrogens is 420 g/mol. The summed E-state index contributed by atoms with van der Waals surface area (Å²) in [7, 11) is 0. The molecule has 4 heteroatoms. The first-order valence-corrected chi connectivity index (χ1v) is 13.2. The summed E-state index contributed by atoms with van der Waals surface area (Å²) >= 11 is 0. The second-order valence-corrected chi connectivity index (χ2v) is 9.10. The molecule has 0 fully saturated rings. The highest BCUT2D eigenvalue weighted by molar-refractivity contribution is 6.06. The summed E-state index contributed by atoms with van der Waals surface area (Å²) in [5, 5.41) is 0. The van der Waals surface area contributed by atoms with E-state index in [4.69, 9.17) is 4.74 Å². The molecule has 4 nitrogen and oxygen atoms in total. The average Bonchev–Trinajstić information content (AvgIpc) is 3.34. The van der Waals surface area contributed by atoms with Gasteiger partial charge in [-0.1, -0.05) is 95.8 Å². The summed E-state index contributed by atoms with van der Waals surface area (Å²) in [6.45, 7) is 3.11. The fourth-order valence-corrected chi connectivity index (χ4v) is 4.25. The fraction of sp³-hybridized carbons (Fsp3) is 0.467. The number of ether oxygens (including phenoxy) is 1. The Bertz CT molecular complexity index is 947. The summed E-state index contributed by atoms with van der Waals surface area (Å²) in [6.07, 6.45) is 19.6. The number of carbonyl (C=O) groups excluding carboxylic acids is 1. The zero-order valence-corrected chi connectivity index (χ0v) is 20.8. The van der Waals surface area contributed by atoms with Crippen molar-refractivity contribution in [2.45, 2.75) is 90.5 Å². The second-order valence-electron chi connectivity index (χ2n) is 9.10. The van der Waals surface area contributed by atoms with Crippen LogP contribution in [-0.4, -0.2) is 15.3 Å². The zero-order valence-electron chi connectivity index (χ0n) is 20.8. The average molecular weight is 461 g/mol. The van der Waals surface area contributed by atoms with Crippen LogP contribution in [0.3, 0.4) is 0 Å². The Morgan fingerprint density at radius 1 is 0.735 bits per heavy atom. The highest BCUT2D eigenvalue weighted by atomic mass is 16.5. The van der Waals surface area contributed by atoms with Crippen LogP contribution in [0.15, 0.2) is 67.0 Å². The largest absolute Gasteiger partial charge is 0.457 e. The van der Waals surface area contributed by atoms with Crippen LogP contribution in [-0.2, 0) is 6.54 Å². The minimum atomic E-state index is -0.0461. The Morgan fingerprint density at radius 2 is 1.29 bits per heavy atom. The first-order valence-electron chi connectivity index (χ1n) is 13.2. The van der Waals surface area contributed by atoms with E-state index in [0.717, 1.165) is 18.7 Å². The molecule has 0 unspecified atom stereocenters. The molecule has 0 saturated carbocycles. The Labute approximate surface area is 205 Å². The van der Waals surface area contributed by atoms with Gasteiger partial charge in [-0.2, -0.15) is 0 Å². The van der Waals surface area contributed by atoms with Crippen molar-refractivity contribution in [3.63, 3.8) is 0 Å². The topological polar surface area (TPSA) is 44.1 Å². The van der Waals surface area contributed by atoms with Crippen LogP contribution in [0.1, 0.15) is 100 Å². The standard InChI is InChI=1S/C30H40N2O2/c1-2-3-4-5-6-7-8-9-10-11-12-16-24-32-25-23-31-30(32)29(33)26-19-21-28(22-20-26)34-27-17-14-13-15-18-27/h13-15,17-23,25H,2-12,16,24H2,1H3. The molecule has 0 atom stereocenters. The predicted octanol–water partition coefficient (Wildman–Crippen LogP) is 8.61. The monoisotopic (exact) mass is 460 g/mol. The number of hydrogen-bond donors (Lipinski definition) is 0. The maximum Gasteiger partial charge on any atom is 0.228 e. The van der Waals surface area contributed by atoms with Gasteiger partial charge in [0, 0.05) is 24.5 Å². The van der Waals surface area contributed by atoms with E-state index in [1.807, 2.05) is 65.4 Å². The summed E-state index contributed by atoms with van der Waals surface area (Å²) in [6, 6.07) is 16.9. The molecule has 1 heterocycles. The van der Waals surface area contributed by atoms with Crippen LogP contribution < -0.4 is 4.74 Å². The van der Waals surface area contributed by atoms with Crippen LogP contribution >= 0.6 is 0 Å². The number of aryl methyl sites for hydroxylation is 1. The molecule has 3 aromatic rings. The minimum Gasteiger partial charge on any atom is -0.457 e. The summed E-state index contributed by atoms with van der Waals surface area (Å²) in [5.41, 5.74) is 0.627. The SMILES string of the molecule is CCCCCCCCCCCCCCn1ccnc1C(=O)c1ccc(Oc2ccccc2)cc1. The third-order valence-electron chi connectivity index (χ3n) is 6.27. The third kappa shape index (κ3) is 8.81. The molecule has 182 valence electrons. The molecule has 0 aliphatic heterocycles. The van der Waals surface area contributed by atoms with Gasteiger partial charge in [-0.15, -0.1) is 0 Å². The van der Waals surface area contributed by atoms with Crippen molar-refractivity contribution in [2.75, 3.05) is 0 Å². The van der Waals surface area contributed by atoms with E-state index in [2.05, 4.69) is 11.9 Å². The second kappa shape index (κ2) is 15.1. The van der Waals surface area contributed by atoms with Gasteiger partial charge >= 0.3 is 0 Å². The van der Waals surface area contributed by atoms with E-state index in [1.165, 1.54) is 70.6 Å². The van der Waals surface area contributed by atoms with Crippen molar-refractivity contribution in [2.24, 2.45) is 0 Å². The number of unbranched alkanes of at least 4 members (excludes halogenated alkanes) is 11. The van der Waals surface area contributed by atoms with Gasteiger partial charge in [0.15, 0.2) is 5.82 Å². The molecule has 3 rings (SSSR count). The van der Waals surface area contributed by atoms with Crippen molar-refractivity contribution in [1.82, 2.24) is 9.55 Å². The van der Waals surface area contributed by atoms with Gasteiger partial charge in [-0.05, 0) is 42.8 Å². The van der Waals surface area contributed by atoms with Crippen molar-refractivity contribution >= 4 is 5.78 Å². The zero-order chi connectivity index (χ0) is 23.8. The van der Waals surface area contributed by atoms with Crippen molar-refractivity contribution < 1.29 is 9.53 Å². The van der Waals surface area contributed by atoms with E-state index in [1.54, 1.807) is 6.20 Å². The molecular formula is C30H40N2O2. The van der Waals surface area contributed by atoms with E-state index >= 15 is 0 Å². The maximum atomic E-state index is 13.0. The Balaban J connectivity index is 1.35. The molecule has 0 amide bonds. The van der Waals surface area contributed by atoms with Gasteiger partial charge in [0.25, 0.3) is 0 Å². The molecule has 0 aliphatic carbocycles. The Hall–Kier alpha value is -2.88. The number of benzene rings is 2. The molecule has 0 spiro atoms. The van der Waals surface area contributed by atoms with Gasteiger partial charge in [-0.3, -0.25) is 4.79 Å². The highest BCUT2D eigenvalue weighted by Gasteiger charge is 2.15. The van der Waals surface area contributed by atoms with Crippen LogP contribution in [0.4, 0.5) is 0 Å². The predicted molar refractivity (Wildman–Crippen MR) is 140 cm³/mol. The molecule has 0 N–H and O–H groups in total. The van der Waals surface area contributed by atoms with Crippen LogP contribution in [0.2, 0.25) is 0 Å². The Morgan fingerprint density at radius 3 is 1.91 bits per heavy atom. The van der Waals surface area contributed by atoms with Gasteiger partial charge in [0.05, 0.1) is 0 Å². The fourth-order valence-electron chi connectivity index (χ4n) is 4.25. The van der Waals surface area contributed by atoms with Crippen LogP contribution in [0.25, 0.3) is 0 Å². The molecule has 2 aromatic carbocycles. The molecule has 0 radical (unpaired) electrons. The Kier molecular flexibility index (Phi) is 11.4. The summed E-state index contributed by atoms with van der Waals surface area (Å²) < 4.78 is 7.82. The number of aromatic nitrogens is 2. The van der Waals surface area contributed by atoms with E-state index in [0.29, 0.717) is 17.1 Å². The summed E-state index contributed by atoms with van der Waals surface area (Å²) in [5.74, 6) is 1.96. The highest BCUT2D eigenvalue weighted by Crippen LogP contribution is 2.22. The number of ketones is 1.